The zero-order chi connectivity index (χ0) is 15.8. The molecule has 0 saturated heterocycles. The van der Waals surface area contributed by atoms with Crippen molar-refractivity contribution in [1.82, 2.24) is 10.6 Å². The lowest BCUT2D eigenvalue weighted by Crippen LogP contribution is -2.41. The van der Waals surface area contributed by atoms with Crippen LogP contribution in [0.1, 0.15) is 32.6 Å². The lowest BCUT2D eigenvalue weighted by molar-refractivity contribution is 0.0778. The van der Waals surface area contributed by atoms with Crippen LogP contribution in [-0.4, -0.2) is 59.7 Å². The summed E-state index contributed by atoms with van der Waals surface area (Å²) < 4.78 is 27.5. The van der Waals surface area contributed by atoms with E-state index in [0.717, 1.165) is 26.1 Å². The maximum absolute atomic E-state index is 11.1. The predicted octanol–water partition coefficient (Wildman–Crippen LogP) is 0.793. The number of methoxy groups -OCH3 is 1. The first-order valence-corrected chi connectivity index (χ1v) is 9.66. The number of nitrogens with one attached hydrogen (secondary N) is 2. The Balaban J connectivity index is 2.49. The van der Waals surface area contributed by atoms with Crippen LogP contribution in [-0.2, 0) is 14.6 Å². The van der Waals surface area contributed by atoms with E-state index >= 15 is 0 Å². The van der Waals surface area contributed by atoms with E-state index in [9.17, 15) is 8.42 Å². The average molecular weight is 319 g/mol. The van der Waals surface area contributed by atoms with Gasteiger partial charge in [0.2, 0.25) is 0 Å². The summed E-state index contributed by atoms with van der Waals surface area (Å²) in [6, 6.07) is 0. The summed E-state index contributed by atoms with van der Waals surface area (Å²) in [4.78, 5) is 4.62. The van der Waals surface area contributed by atoms with E-state index in [4.69, 9.17) is 4.74 Å². The monoisotopic (exact) mass is 319 g/mol. The van der Waals surface area contributed by atoms with Crippen molar-refractivity contribution in [2.75, 3.05) is 45.4 Å². The molecule has 1 fully saturated rings. The standard InChI is InChI=1S/C14H29N3O3S/c1-4-15-13(16-9-11-21(3,18)19)17-12-14(6-5-7-14)8-10-20-2/h4-12H2,1-3H3,(H2,15,16,17). The minimum absolute atomic E-state index is 0.117. The Kier molecular flexibility index (Phi) is 7.45. The van der Waals surface area contributed by atoms with Gasteiger partial charge in [-0.15, -0.1) is 0 Å². The van der Waals surface area contributed by atoms with Gasteiger partial charge in [-0.1, -0.05) is 6.42 Å². The van der Waals surface area contributed by atoms with E-state index in [-0.39, 0.29) is 11.2 Å². The Hall–Kier alpha value is -0.820. The molecular formula is C14H29N3O3S. The summed E-state index contributed by atoms with van der Waals surface area (Å²) in [6.45, 7) is 4.68. The van der Waals surface area contributed by atoms with Crippen LogP contribution < -0.4 is 10.6 Å². The third-order valence-electron chi connectivity index (χ3n) is 3.93. The lowest BCUT2D eigenvalue weighted by atomic mass is 9.67. The lowest BCUT2D eigenvalue weighted by Gasteiger charge is -2.40. The predicted molar refractivity (Wildman–Crippen MR) is 86.5 cm³/mol. The normalized spacial score (nSPS) is 18.1. The second-order valence-electron chi connectivity index (χ2n) is 5.85. The molecule has 7 heteroatoms. The number of hydrogen-bond acceptors (Lipinski definition) is 4. The Labute approximate surface area is 128 Å². The Morgan fingerprint density at radius 3 is 2.52 bits per heavy atom. The molecule has 0 unspecified atom stereocenters. The molecule has 1 rings (SSSR count). The summed E-state index contributed by atoms with van der Waals surface area (Å²) in [5.41, 5.74) is 0.273. The number of nitrogens with zero attached hydrogens (tertiary/aromatic N) is 1. The molecule has 0 bridgehead atoms. The Morgan fingerprint density at radius 2 is 2.05 bits per heavy atom. The van der Waals surface area contributed by atoms with Gasteiger partial charge in [0.15, 0.2) is 5.96 Å². The van der Waals surface area contributed by atoms with Crippen LogP contribution in [0, 0.1) is 5.41 Å². The van der Waals surface area contributed by atoms with Crippen LogP contribution in [0.2, 0.25) is 0 Å². The molecule has 0 aliphatic heterocycles. The van der Waals surface area contributed by atoms with Crippen LogP contribution >= 0.6 is 0 Å². The molecule has 6 nitrogen and oxygen atoms in total. The summed E-state index contributed by atoms with van der Waals surface area (Å²) in [5, 5.41) is 6.24. The molecule has 124 valence electrons. The fourth-order valence-corrected chi connectivity index (χ4v) is 2.90. The van der Waals surface area contributed by atoms with Crippen LogP contribution in [0.15, 0.2) is 4.99 Å². The van der Waals surface area contributed by atoms with Crippen molar-refractivity contribution < 1.29 is 13.2 Å². The van der Waals surface area contributed by atoms with Crippen molar-refractivity contribution in [3.05, 3.63) is 0 Å². The minimum Gasteiger partial charge on any atom is -0.385 e. The Bertz CT molecular complexity index is 431. The fraction of sp³-hybridized carbons (Fsp3) is 0.929. The molecular weight excluding hydrogens is 290 g/mol. The van der Waals surface area contributed by atoms with Gasteiger partial charge >= 0.3 is 0 Å². The van der Waals surface area contributed by atoms with Crippen molar-refractivity contribution in [1.29, 1.82) is 0 Å². The van der Waals surface area contributed by atoms with Gasteiger partial charge in [0, 0.05) is 39.6 Å². The number of guanidine groups is 1. The van der Waals surface area contributed by atoms with Gasteiger partial charge in [-0.3, -0.25) is 4.99 Å². The molecule has 1 aliphatic carbocycles. The third kappa shape index (κ3) is 7.13. The minimum atomic E-state index is -2.95. The van der Waals surface area contributed by atoms with Crippen LogP contribution in [0.3, 0.4) is 0 Å². The van der Waals surface area contributed by atoms with Crippen molar-refractivity contribution in [2.45, 2.75) is 32.6 Å². The summed E-state index contributed by atoms with van der Waals surface area (Å²) in [7, 11) is -1.22. The van der Waals surface area contributed by atoms with E-state index in [0.29, 0.717) is 12.5 Å². The molecule has 0 aromatic heterocycles. The Morgan fingerprint density at radius 1 is 1.33 bits per heavy atom. The molecule has 1 saturated carbocycles. The molecule has 0 heterocycles. The molecule has 0 aromatic rings. The first kappa shape index (κ1) is 18.2. The summed E-state index contributed by atoms with van der Waals surface area (Å²) in [6.07, 6.45) is 5.94. The van der Waals surface area contributed by atoms with E-state index < -0.39 is 9.84 Å². The van der Waals surface area contributed by atoms with Gasteiger partial charge in [-0.2, -0.15) is 0 Å². The quantitative estimate of drug-likeness (QED) is 0.485. The number of ether oxygens (including phenoxy) is 1. The molecule has 0 amide bonds. The van der Waals surface area contributed by atoms with Crippen LogP contribution in [0.25, 0.3) is 0 Å². The van der Waals surface area contributed by atoms with Gasteiger partial charge in [0.05, 0.1) is 5.75 Å². The zero-order valence-corrected chi connectivity index (χ0v) is 14.3. The average Bonchev–Trinajstić information content (AvgIpc) is 2.35. The molecule has 0 radical (unpaired) electrons. The molecule has 1 aliphatic rings. The molecule has 0 aromatic carbocycles. The van der Waals surface area contributed by atoms with Crippen LogP contribution in [0.5, 0.6) is 0 Å². The first-order valence-electron chi connectivity index (χ1n) is 7.60. The van der Waals surface area contributed by atoms with Gasteiger partial charge in [-0.05, 0) is 31.6 Å². The first-order chi connectivity index (χ1) is 9.91. The van der Waals surface area contributed by atoms with E-state index in [2.05, 4.69) is 15.6 Å². The van der Waals surface area contributed by atoms with E-state index in [1.807, 2.05) is 6.92 Å². The van der Waals surface area contributed by atoms with Crippen molar-refractivity contribution in [2.24, 2.45) is 10.4 Å². The van der Waals surface area contributed by atoms with Crippen LogP contribution in [0.4, 0.5) is 0 Å². The summed E-state index contributed by atoms with van der Waals surface area (Å²) >= 11 is 0. The molecule has 0 spiro atoms. The SMILES string of the molecule is CCNC(=NCC1(CCOC)CCC1)NCCS(C)(=O)=O. The van der Waals surface area contributed by atoms with Gasteiger partial charge in [0.1, 0.15) is 9.84 Å². The maximum atomic E-state index is 11.1. The second-order valence-corrected chi connectivity index (χ2v) is 8.11. The highest BCUT2D eigenvalue weighted by Crippen LogP contribution is 2.44. The number of rotatable bonds is 9. The highest BCUT2D eigenvalue weighted by molar-refractivity contribution is 7.90. The van der Waals surface area contributed by atoms with Gasteiger partial charge in [-0.25, -0.2) is 8.42 Å². The summed E-state index contributed by atoms with van der Waals surface area (Å²) in [5.74, 6) is 0.816. The van der Waals surface area contributed by atoms with E-state index in [1.165, 1.54) is 25.5 Å². The van der Waals surface area contributed by atoms with Crippen molar-refractivity contribution in [3.63, 3.8) is 0 Å². The molecule has 0 atom stereocenters. The van der Waals surface area contributed by atoms with E-state index in [1.54, 1.807) is 7.11 Å². The second kappa shape index (κ2) is 8.58. The number of sulfone groups is 1. The zero-order valence-electron chi connectivity index (χ0n) is 13.4. The fourth-order valence-electron chi connectivity index (χ4n) is 2.43. The van der Waals surface area contributed by atoms with Crippen molar-refractivity contribution in [3.8, 4) is 0 Å². The highest BCUT2D eigenvalue weighted by Gasteiger charge is 2.36. The highest BCUT2D eigenvalue weighted by atomic mass is 32.2. The number of hydrogen-bond donors (Lipinski definition) is 2. The topological polar surface area (TPSA) is 79.8 Å². The molecule has 21 heavy (non-hydrogen) atoms. The third-order valence-corrected chi connectivity index (χ3v) is 4.88. The molecule has 2 N–H and O–H groups in total. The van der Waals surface area contributed by atoms with Gasteiger partial charge in [0.25, 0.3) is 0 Å². The van der Waals surface area contributed by atoms with Gasteiger partial charge < -0.3 is 15.4 Å². The largest absolute Gasteiger partial charge is 0.385 e. The number of aliphatic imine (C=N–C) groups is 1. The smallest absolute Gasteiger partial charge is 0.191 e. The van der Waals surface area contributed by atoms with Crippen molar-refractivity contribution >= 4 is 15.8 Å². The maximum Gasteiger partial charge on any atom is 0.191 e.